The van der Waals surface area contributed by atoms with E-state index in [1.807, 2.05) is 0 Å². The SMILES string of the molecule is Cc1c(S(=O)(=O)N2CCc3[nH]nc(C4CC4)c3CC2)cnn1C. The van der Waals surface area contributed by atoms with Crippen LogP contribution in [0.15, 0.2) is 11.1 Å². The van der Waals surface area contributed by atoms with E-state index in [0.717, 1.165) is 17.8 Å². The Balaban J connectivity index is 1.61. The van der Waals surface area contributed by atoms with E-state index in [2.05, 4.69) is 15.3 Å². The van der Waals surface area contributed by atoms with Gasteiger partial charge in [-0.25, -0.2) is 8.42 Å². The highest BCUT2D eigenvalue weighted by atomic mass is 32.2. The Bertz CT molecular complexity index is 847. The van der Waals surface area contributed by atoms with Crippen molar-refractivity contribution in [1.29, 1.82) is 0 Å². The molecule has 1 saturated carbocycles. The number of aryl methyl sites for hydroxylation is 1. The Kier molecular flexibility index (Phi) is 3.35. The molecule has 0 amide bonds. The lowest BCUT2D eigenvalue weighted by atomic mass is 10.1. The summed E-state index contributed by atoms with van der Waals surface area (Å²) in [6.07, 6.45) is 5.28. The standard InChI is InChI=1S/C15H21N5O2S/c1-10-14(9-16-19(10)2)23(21,22)20-7-5-12-13(6-8-20)17-18-15(12)11-3-4-11/h9,11H,3-8H2,1-2H3,(H,17,18). The molecule has 7 nitrogen and oxygen atoms in total. The molecule has 2 aromatic rings. The van der Waals surface area contributed by atoms with Crippen LogP contribution >= 0.6 is 0 Å². The van der Waals surface area contributed by atoms with Gasteiger partial charge in [0, 0.05) is 38.2 Å². The third-order valence-electron chi connectivity index (χ3n) is 4.98. The monoisotopic (exact) mass is 335 g/mol. The molecule has 8 heteroatoms. The first-order valence-electron chi connectivity index (χ1n) is 8.03. The Labute approximate surface area is 135 Å². The van der Waals surface area contributed by atoms with Gasteiger partial charge in [0.25, 0.3) is 0 Å². The van der Waals surface area contributed by atoms with E-state index in [0.29, 0.717) is 36.0 Å². The summed E-state index contributed by atoms with van der Waals surface area (Å²) in [4.78, 5) is 0.311. The van der Waals surface area contributed by atoms with Gasteiger partial charge in [-0.2, -0.15) is 14.5 Å². The number of hydrogen-bond donors (Lipinski definition) is 1. The predicted octanol–water partition coefficient (Wildman–Crippen LogP) is 1.12. The molecule has 2 aromatic heterocycles. The van der Waals surface area contributed by atoms with E-state index < -0.39 is 10.0 Å². The third-order valence-corrected chi connectivity index (χ3v) is 6.98. The number of sulfonamides is 1. The highest BCUT2D eigenvalue weighted by Crippen LogP contribution is 2.41. The van der Waals surface area contributed by atoms with Crippen LogP contribution in [-0.2, 0) is 29.9 Å². The molecule has 3 heterocycles. The van der Waals surface area contributed by atoms with Gasteiger partial charge in [-0.05, 0) is 31.7 Å². The van der Waals surface area contributed by atoms with Crippen molar-refractivity contribution in [2.45, 2.75) is 43.4 Å². The van der Waals surface area contributed by atoms with Crippen LogP contribution in [0, 0.1) is 6.92 Å². The highest BCUT2D eigenvalue weighted by molar-refractivity contribution is 7.89. The van der Waals surface area contributed by atoms with E-state index in [4.69, 9.17) is 0 Å². The lowest BCUT2D eigenvalue weighted by Gasteiger charge is -2.19. The van der Waals surface area contributed by atoms with Crippen LogP contribution in [-0.4, -0.2) is 45.8 Å². The van der Waals surface area contributed by atoms with E-state index >= 15 is 0 Å². The fourth-order valence-electron chi connectivity index (χ4n) is 3.29. The second-order valence-electron chi connectivity index (χ2n) is 6.46. The van der Waals surface area contributed by atoms with Crippen LogP contribution in [0.25, 0.3) is 0 Å². The van der Waals surface area contributed by atoms with Gasteiger partial charge < -0.3 is 0 Å². The van der Waals surface area contributed by atoms with Gasteiger partial charge in [-0.15, -0.1) is 0 Å². The number of aromatic nitrogens is 4. The molecule has 1 N–H and O–H groups in total. The maximum absolute atomic E-state index is 12.9. The first-order valence-corrected chi connectivity index (χ1v) is 9.47. The summed E-state index contributed by atoms with van der Waals surface area (Å²) in [5.41, 5.74) is 4.19. The summed E-state index contributed by atoms with van der Waals surface area (Å²) < 4.78 is 29.0. The topological polar surface area (TPSA) is 83.9 Å². The van der Waals surface area contributed by atoms with E-state index in [1.165, 1.54) is 24.6 Å². The number of fused-ring (bicyclic) bond motifs is 1. The van der Waals surface area contributed by atoms with Crippen LogP contribution in [0.4, 0.5) is 0 Å². The number of nitrogens with zero attached hydrogens (tertiary/aromatic N) is 4. The van der Waals surface area contributed by atoms with Crippen molar-refractivity contribution in [3.8, 4) is 0 Å². The number of rotatable bonds is 3. The second-order valence-corrected chi connectivity index (χ2v) is 8.37. The molecule has 1 fully saturated rings. The van der Waals surface area contributed by atoms with Crippen molar-refractivity contribution in [1.82, 2.24) is 24.3 Å². The van der Waals surface area contributed by atoms with Crippen LogP contribution in [0.2, 0.25) is 0 Å². The Hall–Kier alpha value is -1.67. The van der Waals surface area contributed by atoms with Crippen LogP contribution in [0.1, 0.15) is 41.4 Å². The molecular formula is C15H21N5O2S. The van der Waals surface area contributed by atoms with E-state index in [9.17, 15) is 8.42 Å². The molecule has 2 aliphatic rings. The molecule has 23 heavy (non-hydrogen) atoms. The first-order chi connectivity index (χ1) is 11.0. The molecule has 4 rings (SSSR count). The van der Waals surface area contributed by atoms with Gasteiger partial charge in [-0.1, -0.05) is 0 Å². The maximum Gasteiger partial charge on any atom is 0.246 e. The molecular weight excluding hydrogens is 314 g/mol. The number of nitrogens with one attached hydrogen (secondary N) is 1. The average molecular weight is 335 g/mol. The minimum Gasteiger partial charge on any atom is -0.282 e. The van der Waals surface area contributed by atoms with Gasteiger partial charge in [0.2, 0.25) is 10.0 Å². The molecule has 0 atom stereocenters. The van der Waals surface area contributed by atoms with Crippen molar-refractivity contribution in [3.63, 3.8) is 0 Å². The highest BCUT2D eigenvalue weighted by Gasteiger charge is 2.34. The maximum atomic E-state index is 12.9. The molecule has 124 valence electrons. The minimum atomic E-state index is -3.49. The zero-order valence-electron chi connectivity index (χ0n) is 13.4. The number of aromatic amines is 1. The molecule has 0 bridgehead atoms. The van der Waals surface area contributed by atoms with Crippen molar-refractivity contribution in [2.24, 2.45) is 7.05 Å². The predicted molar refractivity (Wildman–Crippen MR) is 84.7 cm³/mol. The largest absolute Gasteiger partial charge is 0.282 e. The third kappa shape index (κ3) is 2.40. The number of H-pyrrole nitrogens is 1. The second kappa shape index (κ2) is 5.17. The normalized spacial score (nSPS) is 19.6. The minimum absolute atomic E-state index is 0.311. The molecule has 0 radical (unpaired) electrons. The summed E-state index contributed by atoms with van der Waals surface area (Å²) >= 11 is 0. The van der Waals surface area contributed by atoms with Crippen LogP contribution < -0.4 is 0 Å². The van der Waals surface area contributed by atoms with E-state index in [-0.39, 0.29) is 0 Å². The van der Waals surface area contributed by atoms with Gasteiger partial charge in [-0.3, -0.25) is 9.78 Å². The Morgan fingerprint density at radius 3 is 2.65 bits per heavy atom. The molecule has 1 aliphatic carbocycles. The molecule has 0 spiro atoms. The van der Waals surface area contributed by atoms with Crippen molar-refractivity contribution >= 4 is 10.0 Å². The molecule has 1 aliphatic heterocycles. The molecule has 0 unspecified atom stereocenters. The Morgan fingerprint density at radius 1 is 1.26 bits per heavy atom. The van der Waals surface area contributed by atoms with Gasteiger partial charge >= 0.3 is 0 Å². The lowest BCUT2D eigenvalue weighted by molar-refractivity contribution is 0.424. The van der Waals surface area contributed by atoms with Gasteiger partial charge in [0.1, 0.15) is 4.90 Å². The summed E-state index contributed by atoms with van der Waals surface area (Å²) in [6, 6.07) is 0. The quantitative estimate of drug-likeness (QED) is 0.911. The smallest absolute Gasteiger partial charge is 0.246 e. The van der Waals surface area contributed by atoms with Crippen LogP contribution in [0.3, 0.4) is 0 Å². The first kappa shape index (κ1) is 14.9. The molecule has 0 saturated heterocycles. The molecule has 0 aromatic carbocycles. The summed E-state index contributed by atoms with van der Waals surface area (Å²) in [5, 5.41) is 11.7. The van der Waals surface area contributed by atoms with E-state index in [1.54, 1.807) is 23.0 Å². The summed E-state index contributed by atoms with van der Waals surface area (Å²) in [7, 11) is -1.73. The fraction of sp³-hybridized carbons (Fsp3) is 0.600. The zero-order valence-corrected chi connectivity index (χ0v) is 14.2. The zero-order chi connectivity index (χ0) is 16.2. The van der Waals surface area contributed by atoms with Crippen molar-refractivity contribution in [3.05, 3.63) is 28.8 Å². The lowest BCUT2D eigenvalue weighted by Crippen LogP contribution is -2.33. The van der Waals surface area contributed by atoms with Gasteiger partial charge in [0.05, 0.1) is 17.6 Å². The average Bonchev–Trinajstić information content (AvgIpc) is 3.25. The summed E-state index contributed by atoms with van der Waals surface area (Å²) in [5.74, 6) is 0.582. The van der Waals surface area contributed by atoms with Crippen molar-refractivity contribution in [2.75, 3.05) is 13.1 Å². The summed E-state index contributed by atoms with van der Waals surface area (Å²) in [6.45, 7) is 2.77. The fourth-order valence-corrected chi connectivity index (χ4v) is 4.92. The Morgan fingerprint density at radius 2 is 2.00 bits per heavy atom. The van der Waals surface area contributed by atoms with Gasteiger partial charge in [0.15, 0.2) is 0 Å². The van der Waals surface area contributed by atoms with Crippen LogP contribution in [0.5, 0.6) is 0 Å². The van der Waals surface area contributed by atoms with Crippen molar-refractivity contribution < 1.29 is 8.42 Å². The number of hydrogen-bond acceptors (Lipinski definition) is 4.